The van der Waals surface area contributed by atoms with Gasteiger partial charge in [0.2, 0.25) is 9.84 Å². The summed E-state index contributed by atoms with van der Waals surface area (Å²) in [6, 6.07) is 26.1. The zero-order valence-electron chi connectivity index (χ0n) is 15.6. The molecule has 5 heteroatoms. The molecule has 144 valence electrons. The number of morpholine rings is 1. The van der Waals surface area contributed by atoms with Gasteiger partial charge in [-0.3, -0.25) is 4.90 Å². The highest BCUT2D eigenvalue weighted by atomic mass is 32.2. The molecule has 0 spiro atoms. The van der Waals surface area contributed by atoms with Gasteiger partial charge in [-0.2, -0.15) is 0 Å². The van der Waals surface area contributed by atoms with Crippen LogP contribution in [0.1, 0.15) is 17.2 Å². The van der Waals surface area contributed by atoms with Crippen LogP contribution in [0.25, 0.3) is 0 Å². The Labute approximate surface area is 166 Å². The number of hydrogen-bond donors (Lipinski definition) is 0. The van der Waals surface area contributed by atoms with Crippen molar-refractivity contribution in [3.05, 3.63) is 96.1 Å². The van der Waals surface area contributed by atoms with Crippen LogP contribution < -0.4 is 0 Å². The summed E-state index contributed by atoms with van der Waals surface area (Å²) in [5.74, 6) is 0. The maximum Gasteiger partial charge on any atom is 0.206 e. The minimum absolute atomic E-state index is 0.271. The van der Waals surface area contributed by atoms with Gasteiger partial charge in [0, 0.05) is 25.2 Å². The number of ether oxygens (including phenoxy) is 1. The lowest BCUT2D eigenvalue weighted by Gasteiger charge is -2.34. The van der Waals surface area contributed by atoms with E-state index in [1.807, 2.05) is 36.4 Å². The Morgan fingerprint density at radius 1 is 0.857 bits per heavy atom. The standard InChI is InChI=1S/C23H23NO3S/c25-28(26,20-11-5-2-6-12-20)23-14-8-7-13-21(23)22-18-24(15-16-27-22)17-19-9-3-1-4-10-19/h1-14,22H,15-18H2. The van der Waals surface area contributed by atoms with Crippen LogP contribution in [0.3, 0.4) is 0 Å². The van der Waals surface area contributed by atoms with E-state index in [1.165, 1.54) is 5.56 Å². The van der Waals surface area contributed by atoms with E-state index in [-0.39, 0.29) is 6.10 Å². The van der Waals surface area contributed by atoms with E-state index in [4.69, 9.17) is 4.74 Å². The summed E-state index contributed by atoms with van der Waals surface area (Å²) in [6.07, 6.45) is -0.271. The summed E-state index contributed by atoms with van der Waals surface area (Å²) >= 11 is 0. The highest BCUT2D eigenvalue weighted by molar-refractivity contribution is 7.91. The van der Waals surface area contributed by atoms with Gasteiger partial charge in [-0.15, -0.1) is 0 Å². The van der Waals surface area contributed by atoms with E-state index < -0.39 is 9.84 Å². The van der Waals surface area contributed by atoms with Crippen molar-refractivity contribution in [2.24, 2.45) is 0 Å². The fourth-order valence-corrected chi connectivity index (χ4v) is 5.13. The molecule has 3 aromatic rings. The predicted octanol–water partition coefficient (Wildman–Crippen LogP) is 4.09. The Morgan fingerprint density at radius 3 is 2.25 bits per heavy atom. The molecule has 28 heavy (non-hydrogen) atoms. The predicted molar refractivity (Wildman–Crippen MR) is 109 cm³/mol. The van der Waals surface area contributed by atoms with Crippen LogP contribution in [0.5, 0.6) is 0 Å². The second-order valence-corrected chi connectivity index (χ2v) is 8.85. The molecule has 1 heterocycles. The number of benzene rings is 3. The Morgan fingerprint density at radius 2 is 1.50 bits per heavy atom. The summed E-state index contributed by atoms with van der Waals surface area (Å²) in [5.41, 5.74) is 1.97. The average molecular weight is 394 g/mol. The lowest BCUT2D eigenvalue weighted by atomic mass is 10.1. The molecule has 4 rings (SSSR count). The van der Waals surface area contributed by atoms with E-state index in [2.05, 4.69) is 17.0 Å². The van der Waals surface area contributed by atoms with Crippen molar-refractivity contribution in [1.82, 2.24) is 4.90 Å². The molecule has 1 fully saturated rings. The van der Waals surface area contributed by atoms with Gasteiger partial charge in [0.15, 0.2) is 0 Å². The lowest BCUT2D eigenvalue weighted by Crippen LogP contribution is -2.38. The molecule has 1 unspecified atom stereocenters. The second kappa shape index (κ2) is 8.27. The van der Waals surface area contributed by atoms with Crippen molar-refractivity contribution in [2.45, 2.75) is 22.4 Å². The lowest BCUT2D eigenvalue weighted by molar-refractivity contribution is -0.0342. The molecule has 0 saturated carbocycles. The van der Waals surface area contributed by atoms with Crippen molar-refractivity contribution in [3.8, 4) is 0 Å². The smallest absolute Gasteiger partial charge is 0.206 e. The fourth-order valence-electron chi connectivity index (χ4n) is 3.59. The van der Waals surface area contributed by atoms with Gasteiger partial charge in [-0.1, -0.05) is 66.7 Å². The summed E-state index contributed by atoms with van der Waals surface area (Å²) < 4.78 is 32.4. The molecule has 1 aliphatic heterocycles. The summed E-state index contributed by atoms with van der Waals surface area (Å²) in [4.78, 5) is 2.95. The minimum atomic E-state index is -3.59. The van der Waals surface area contributed by atoms with Gasteiger partial charge in [0.1, 0.15) is 0 Å². The Balaban J connectivity index is 1.61. The van der Waals surface area contributed by atoms with Gasteiger partial charge in [-0.25, -0.2) is 8.42 Å². The van der Waals surface area contributed by atoms with Gasteiger partial charge in [0.05, 0.1) is 22.5 Å². The van der Waals surface area contributed by atoms with Crippen LogP contribution in [0.15, 0.2) is 94.7 Å². The molecule has 1 atom stereocenters. The second-order valence-electron chi connectivity index (χ2n) is 6.93. The van der Waals surface area contributed by atoms with Crippen LogP contribution in [0.4, 0.5) is 0 Å². The molecule has 0 aliphatic carbocycles. The molecule has 1 saturated heterocycles. The molecule has 0 N–H and O–H groups in total. The van der Waals surface area contributed by atoms with Crippen LogP contribution in [0, 0.1) is 0 Å². The van der Waals surface area contributed by atoms with Gasteiger partial charge in [0.25, 0.3) is 0 Å². The zero-order valence-corrected chi connectivity index (χ0v) is 16.4. The van der Waals surface area contributed by atoms with Crippen molar-refractivity contribution in [1.29, 1.82) is 0 Å². The summed E-state index contributed by atoms with van der Waals surface area (Å²) in [5, 5.41) is 0. The van der Waals surface area contributed by atoms with Crippen molar-refractivity contribution >= 4 is 9.84 Å². The van der Waals surface area contributed by atoms with E-state index >= 15 is 0 Å². The third-order valence-corrected chi connectivity index (χ3v) is 6.85. The highest BCUT2D eigenvalue weighted by Gasteiger charge is 2.28. The van der Waals surface area contributed by atoms with E-state index in [0.29, 0.717) is 22.9 Å². The molecule has 0 aromatic heterocycles. The largest absolute Gasteiger partial charge is 0.371 e. The number of hydrogen-bond acceptors (Lipinski definition) is 4. The maximum absolute atomic E-state index is 13.2. The number of rotatable bonds is 5. The van der Waals surface area contributed by atoms with Gasteiger partial charge < -0.3 is 4.74 Å². The van der Waals surface area contributed by atoms with E-state index in [0.717, 1.165) is 18.7 Å². The Kier molecular flexibility index (Phi) is 5.57. The van der Waals surface area contributed by atoms with Crippen molar-refractivity contribution < 1.29 is 13.2 Å². The van der Waals surface area contributed by atoms with Gasteiger partial charge in [-0.05, 0) is 23.8 Å². The van der Waals surface area contributed by atoms with Crippen molar-refractivity contribution in [3.63, 3.8) is 0 Å². The molecule has 3 aromatic carbocycles. The van der Waals surface area contributed by atoms with Crippen LogP contribution in [-0.4, -0.2) is 33.0 Å². The molecular weight excluding hydrogens is 370 g/mol. The number of nitrogens with zero attached hydrogens (tertiary/aromatic N) is 1. The topological polar surface area (TPSA) is 46.6 Å². The third kappa shape index (κ3) is 4.02. The molecule has 0 radical (unpaired) electrons. The van der Waals surface area contributed by atoms with Crippen LogP contribution >= 0.6 is 0 Å². The molecule has 1 aliphatic rings. The number of sulfone groups is 1. The first-order chi connectivity index (χ1) is 13.6. The minimum Gasteiger partial charge on any atom is -0.371 e. The fraction of sp³-hybridized carbons (Fsp3) is 0.217. The first kappa shape index (κ1) is 18.9. The monoisotopic (exact) mass is 393 g/mol. The molecule has 0 bridgehead atoms. The molecular formula is C23H23NO3S. The summed E-state index contributed by atoms with van der Waals surface area (Å²) in [6.45, 7) is 2.90. The maximum atomic E-state index is 13.2. The third-order valence-electron chi connectivity index (χ3n) is 5.01. The van der Waals surface area contributed by atoms with E-state index in [1.54, 1.807) is 36.4 Å². The zero-order chi connectivity index (χ0) is 19.4. The van der Waals surface area contributed by atoms with E-state index in [9.17, 15) is 8.42 Å². The molecule has 0 amide bonds. The first-order valence-corrected chi connectivity index (χ1v) is 10.9. The average Bonchev–Trinajstić information content (AvgIpc) is 2.75. The molecule has 4 nitrogen and oxygen atoms in total. The quantitative estimate of drug-likeness (QED) is 0.655. The van der Waals surface area contributed by atoms with Crippen molar-refractivity contribution in [2.75, 3.05) is 19.7 Å². The van der Waals surface area contributed by atoms with Crippen LogP contribution in [-0.2, 0) is 21.1 Å². The van der Waals surface area contributed by atoms with Gasteiger partial charge >= 0.3 is 0 Å². The summed E-state index contributed by atoms with van der Waals surface area (Å²) in [7, 11) is -3.59. The SMILES string of the molecule is O=S(=O)(c1ccccc1)c1ccccc1C1CN(Cc2ccccc2)CCO1. The first-order valence-electron chi connectivity index (χ1n) is 9.41. The highest BCUT2D eigenvalue weighted by Crippen LogP contribution is 2.31. The van der Waals surface area contributed by atoms with Crippen LogP contribution in [0.2, 0.25) is 0 Å². The Bertz CT molecular complexity index is 1020. The normalized spacial score (nSPS) is 18.1. The Hall–Kier alpha value is -2.47.